The van der Waals surface area contributed by atoms with Crippen LogP contribution in [-0.4, -0.2) is 26.4 Å². The molecule has 3 rings (SSSR count). The Morgan fingerprint density at radius 1 is 1.35 bits per heavy atom. The summed E-state index contributed by atoms with van der Waals surface area (Å²) in [6, 6.07) is 9.85. The van der Waals surface area contributed by atoms with Crippen molar-refractivity contribution in [2.75, 3.05) is 0 Å². The van der Waals surface area contributed by atoms with Gasteiger partial charge in [-0.05, 0) is 39.0 Å². The van der Waals surface area contributed by atoms with E-state index in [1.807, 2.05) is 51.1 Å². The summed E-state index contributed by atoms with van der Waals surface area (Å²) < 4.78 is 2.76. The number of carbonyl (C=O) groups excluding carboxylic acids is 1. The predicted molar refractivity (Wildman–Crippen MR) is 91.7 cm³/mol. The molecule has 23 heavy (non-hydrogen) atoms. The number of aryl methyl sites for hydroxylation is 2. The molecule has 0 aliphatic carbocycles. The number of amides is 1. The Hall–Kier alpha value is -2.54. The Kier molecular flexibility index (Phi) is 4.20. The van der Waals surface area contributed by atoms with E-state index in [0.29, 0.717) is 5.71 Å². The topological polar surface area (TPSA) is 72.2 Å². The van der Waals surface area contributed by atoms with Gasteiger partial charge in [0, 0.05) is 5.69 Å². The van der Waals surface area contributed by atoms with Gasteiger partial charge in [-0.15, -0.1) is 11.3 Å². The van der Waals surface area contributed by atoms with E-state index in [0.717, 1.165) is 26.6 Å². The zero-order valence-electron chi connectivity index (χ0n) is 13.2. The van der Waals surface area contributed by atoms with E-state index in [9.17, 15) is 4.79 Å². The monoisotopic (exact) mass is 327 g/mol. The number of nitrogens with zero attached hydrogens (tertiary/aromatic N) is 4. The van der Waals surface area contributed by atoms with Gasteiger partial charge < -0.3 is 0 Å². The summed E-state index contributed by atoms with van der Waals surface area (Å²) in [6.07, 6.45) is 0. The molecule has 0 saturated carbocycles. The van der Waals surface area contributed by atoms with Gasteiger partial charge in [0.25, 0.3) is 5.91 Å². The Labute approximate surface area is 137 Å². The predicted octanol–water partition coefficient (Wildman–Crippen LogP) is 2.65. The van der Waals surface area contributed by atoms with E-state index < -0.39 is 0 Å². The Balaban J connectivity index is 1.68. The van der Waals surface area contributed by atoms with E-state index in [1.165, 1.54) is 0 Å². The van der Waals surface area contributed by atoms with Gasteiger partial charge >= 0.3 is 0 Å². The normalized spacial score (nSPS) is 11.9. The van der Waals surface area contributed by atoms with Crippen molar-refractivity contribution in [3.05, 3.63) is 46.7 Å². The first-order chi connectivity index (χ1) is 11.0. The third kappa shape index (κ3) is 3.45. The number of para-hydroxylation sites is 1. The number of hydrogen-bond donors (Lipinski definition) is 1. The Morgan fingerprint density at radius 2 is 2.13 bits per heavy atom. The second kappa shape index (κ2) is 6.29. The lowest BCUT2D eigenvalue weighted by Crippen LogP contribution is -2.25. The van der Waals surface area contributed by atoms with E-state index in [4.69, 9.17) is 0 Å². The molecule has 0 bridgehead atoms. The molecule has 6 nitrogen and oxygen atoms in total. The number of rotatable bonds is 4. The fourth-order valence-corrected chi connectivity index (χ4v) is 3.14. The summed E-state index contributed by atoms with van der Waals surface area (Å²) in [5.41, 5.74) is 6.04. The molecular formula is C16H17N5OS. The molecule has 2 heterocycles. The van der Waals surface area contributed by atoms with Crippen LogP contribution in [0.1, 0.15) is 23.3 Å². The number of fused-ring (bicyclic) bond motifs is 1. The van der Waals surface area contributed by atoms with Gasteiger partial charge in [0.05, 0.1) is 21.6 Å². The molecule has 0 radical (unpaired) electrons. The third-order valence-electron chi connectivity index (χ3n) is 3.35. The van der Waals surface area contributed by atoms with Crippen LogP contribution in [-0.2, 0) is 11.3 Å². The minimum Gasteiger partial charge on any atom is -0.271 e. The average Bonchev–Trinajstić information content (AvgIpc) is 3.08. The van der Waals surface area contributed by atoms with E-state index >= 15 is 0 Å². The summed E-state index contributed by atoms with van der Waals surface area (Å²) in [6.45, 7) is 5.80. The zero-order chi connectivity index (χ0) is 16.4. The first-order valence-corrected chi connectivity index (χ1v) is 8.04. The maximum atomic E-state index is 12.0. The lowest BCUT2D eigenvalue weighted by Gasteiger charge is -2.03. The van der Waals surface area contributed by atoms with E-state index in [1.54, 1.807) is 16.0 Å². The van der Waals surface area contributed by atoms with Crippen molar-refractivity contribution in [1.29, 1.82) is 0 Å². The van der Waals surface area contributed by atoms with Crippen molar-refractivity contribution in [3.8, 4) is 0 Å². The molecule has 118 valence electrons. The molecule has 0 atom stereocenters. The fraction of sp³-hybridized carbons (Fsp3) is 0.250. The molecule has 7 heteroatoms. The number of thiazole rings is 1. The van der Waals surface area contributed by atoms with Crippen LogP contribution in [0.5, 0.6) is 0 Å². The number of aromatic nitrogens is 3. The smallest absolute Gasteiger partial charge is 0.261 e. The highest BCUT2D eigenvalue weighted by Gasteiger charge is 2.09. The van der Waals surface area contributed by atoms with Gasteiger partial charge in [0.15, 0.2) is 0 Å². The fourth-order valence-electron chi connectivity index (χ4n) is 2.23. The average molecular weight is 327 g/mol. The minimum absolute atomic E-state index is 0.149. The van der Waals surface area contributed by atoms with Gasteiger partial charge in [-0.2, -0.15) is 10.2 Å². The van der Waals surface area contributed by atoms with Crippen molar-refractivity contribution in [2.45, 2.75) is 27.3 Å². The van der Waals surface area contributed by atoms with Crippen molar-refractivity contribution in [3.63, 3.8) is 0 Å². The van der Waals surface area contributed by atoms with Gasteiger partial charge in [0.2, 0.25) is 0 Å². The molecule has 0 fully saturated rings. The molecule has 0 spiro atoms. The summed E-state index contributed by atoms with van der Waals surface area (Å²) in [5.74, 6) is -0.211. The SMILES string of the molecule is C/C(=N/NC(=O)Cn1nc(C)cc1C)c1nc2ccccc2s1. The zero-order valence-corrected chi connectivity index (χ0v) is 14.0. The summed E-state index contributed by atoms with van der Waals surface area (Å²) >= 11 is 1.56. The number of carbonyl (C=O) groups is 1. The van der Waals surface area contributed by atoms with Gasteiger partial charge in [-0.1, -0.05) is 12.1 Å². The molecule has 0 saturated heterocycles. The van der Waals surface area contributed by atoms with Crippen molar-refractivity contribution in [2.24, 2.45) is 5.10 Å². The number of nitrogens with one attached hydrogen (secondary N) is 1. The minimum atomic E-state index is -0.211. The van der Waals surface area contributed by atoms with Crippen LogP contribution in [0.4, 0.5) is 0 Å². The Bertz CT molecular complexity index is 860. The lowest BCUT2D eigenvalue weighted by molar-refractivity contribution is -0.121. The van der Waals surface area contributed by atoms with E-state index in [2.05, 4.69) is 20.6 Å². The van der Waals surface area contributed by atoms with Crippen LogP contribution in [0, 0.1) is 13.8 Å². The molecule has 1 amide bonds. The second-order valence-corrected chi connectivity index (χ2v) is 6.33. The highest BCUT2D eigenvalue weighted by molar-refractivity contribution is 7.20. The maximum Gasteiger partial charge on any atom is 0.261 e. The van der Waals surface area contributed by atoms with E-state index in [-0.39, 0.29) is 12.5 Å². The number of hydrogen-bond acceptors (Lipinski definition) is 5. The van der Waals surface area contributed by atoms with Crippen LogP contribution >= 0.6 is 11.3 Å². The van der Waals surface area contributed by atoms with Gasteiger partial charge in [-0.25, -0.2) is 10.4 Å². The summed E-state index contributed by atoms with van der Waals surface area (Å²) in [4.78, 5) is 16.5. The van der Waals surface area contributed by atoms with Crippen LogP contribution < -0.4 is 5.43 Å². The molecule has 0 unspecified atom stereocenters. The lowest BCUT2D eigenvalue weighted by atomic mass is 10.3. The number of benzene rings is 1. The van der Waals surface area contributed by atoms with Crippen LogP contribution in [0.25, 0.3) is 10.2 Å². The maximum absolute atomic E-state index is 12.0. The van der Waals surface area contributed by atoms with Crippen LogP contribution in [0.2, 0.25) is 0 Å². The van der Waals surface area contributed by atoms with Gasteiger partial charge in [0.1, 0.15) is 11.6 Å². The molecule has 1 N–H and O–H groups in total. The first kappa shape index (κ1) is 15.4. The highest BCUT2D eigenvalue weighted by Crippen LogP contribution is 2.21. The van der Waals surface area contributed by atoms with Gasteiger partial charge in [-0.3, -0.25) is 9.48 Å². The molecule has 0 aliphatic rings. The molecular weight excluding hydrogens is 310 g/mol. The van der Waals surface area contributed by atoms with Crippen LogP contribution in [0.15, 0.2) is 35.4 Å². The second-order valence-electron chi connectivity index (χ2n) is 5.30. The highest BCUT2D eigenvalue weighted by atomic mass is 32.1. The standard InChI is InChI=1S/C16H17N5OS/c1-10-8-11(2)21(20-10)9-15(22)19-18-12(3)16-17-13-6-4-5-7-14(13)23-16/h4-8H,9H2,1-3H3,(H,19,22)/b18-12-. The summed E-state index contributed by atoms with van der Waals surface area (Å²) in [7, 11) is 0. The number of hydrazone groups is 1. The van der Waals surface area contributed by atoms with Crippen molar-refractivity contribution in [1.82, 2.24) is 20.2 Å². The summed E-state index contributed by atoms with van der Waals surface area (Å²) in [5, 5.41) is 9.21. The molecule has 2 aromatic heterocycles. The first-order valence-electron chi connectivity index (χ1n) is 7.23. The molecule has 3 aromatic rings. The molecule has 1 aromatic carbocycles. The van der Waals surface area contributed by atoms with Crippen molar-refractivity contribution < 1.29 is 4.79 Å². The third-order valence-corrected chi connectivity index (χ3v) is 4.49. The quantitative estimate of drug-likeness (QED) is 0.591. The molecule has 0 aliphatic heterocycles. The van der Waals surface area contributed by atoms with Crippen LogP contribution in [0.3, 0.4) is 0 Å². The van der Waals surface area contributed by atoms with Crippen molar-refractivity contribution >= 4 is 33.2 Å². The largest absolute Gasteiger partial charge is 0.271 e. The Morgan fingerprint density at radius 3 is 2.83 bits per heavy atom.